The van der Waals surface area contributed by atoms with Crippen molar-refractivity contribution in [1.82, 2.24) is 19.6 Å². The second-order valence-electron chi connectivity index (χ2n) is 5.78. The zero-order valence-corrected chi connectivity index (χ0v) is 13.7. The Labute approximate surface area is 143 Å². The summed E-state index contributed by atoms with van der Waals surface area (Å²) < 4.78 is 6.35. The van der Waals surface area contributed by atoms with Gasteiger partial charge in [-0.3, -0.25) is 14.3 Å². The molecule has 1 aliphatic rings. The number of carboxylic acids is 1. The molecule has 2 amide bonds. The third-order valence-corrected chi connectivity index (χ3v) is 4.19. The standard InChI is InChI=1S/C16H18N4O5/c1-11(16(23)24)20-10-12(9-17-20)14(21)18-4-6-19(7-5-18)15(22)13-3-2-8-25-13/h2-3,8-11H,4-7H2,1H3,(H,23,24). The van der Waals surface area contributed by atoms with E-state index >= 15 is 0 Å². The fourth-order valence-electron chi connectivity index (χ4n) is 2.62. The molecule has 0 bridgehead atoms. The molecule has 1 unspecified atom stereocenters. The predicted molar refractivity (Wildman–Crippen MR) is 85.1 cm³/mol. The number of rotatable bonds is 4. The molecular weight excluding hydrogens is 328 g/mol. The summed E-state index contributed by atoms with van der Waals surface area (Å²) in [5, 5.41) is 12.9. The van der Waals surface area contributed by atoms with Crippen LogP contribution < -0.4 is 0 Å². The number of amides is 2. The minimum atomic E-state index is -1.02. The van der Waals surface area contributed by atoms with Crippen molar-refractivity contribution in [2.75, 3.05) is 26.2 Å². The van der Waals surface area contributed by atoms with E-state index in [1.165, 1.54) is 30.3 Å². The Morgan fingerprint density at radius 1 is 1.16 bits per heavy atom. The van der Waals surface area contributed by atoms with Crippen LogP contribution in [0, 0.1) is 0 Å². The maximum absolute atomic E-state index is 12.5. The third-order valence-electron chi connectivity index (χ3n) is 4.19. The maximum Gasteiger partial charge on any atom is 0.328 e. The average Bonchev–Trinajstić information content (AvgIpc) is 3.31. The molecule has 1 atom stereocenters. The lowest BCUT2D eigenvalue weighted by Crippen LogP contribution is -2.50. The van der Waals surface area contributed by atoms with Crippen molar-refractivity contribution < 1.29 is 23.9 Å². The summed E-state index contributed by atoms with van der Waals surface area (Å²) >= 11 is 0. The normalized spacial score (nSPS) is 15.9. The third kappa shape index (κ3) is 3.39. The lowest BCUT2D eigenvalue weighted by molar-refractivity contribution is -0.140. The van der Waals surface area contributed by atoms with Crippen molar-refractivity contribution in [3.05, 3.63) is 42.1 Å². The molecule has 0 aromatic carbocycles. The molecule has 3 rings (SSSR count). The SMILES string of the molecule is CC(C(=O)O)n1cc(C(=O)N2CCN(C(=O)c3ccco3)CC2)cn1. The number of hydrogen-bond donors (Lipinski definition) is 1. The van der Waals surface area contributed by atoms with Crippen LogP contribution in [0.1, 0.15) is 33.9 Å². The zero-order valence-electron chi connectivity index (χ0n) is 13.7. The molecule has 0 radical (unpaired) electrons. The second-order valence-corrected chi connectivity index (χ2v) is 5.78. The van der Waals surface area contributed by atoms with E-state index in [1.807, 2.05) is 0 Å². The quantitative estimate of drug-likeness (QED) is 0.874. The van der Waals surface area contributed by atoms with Crippen LogP contribution >= 0.6 is 0 Å². The van der Waals surface area contributed by atoms with Gasteiger partial charge in [0, 0.05) is 32.4 Å². The van der Waals surface area contributed by atoms with E-state index in [9.17, 15) is 14.4 Å². The predicted octanol–water partition coefficient (Wildman–Crippen LogP) is 0.720. The molecular formula is C16H18N4O5. The van der Waals surface area contributed by atoms with Crippen molar-refractivity contribution in [3.8, 4) is 0 Å². The van der Waals surface area contributed by atoms with Crippen molar-refractivity contribution in [3.63, 3.8) is 0 Å². The van der Waals surface area contributed by atoms with E-state index < -0.39 is 12.0 Å². The highest BCUT2D eigenvalue weighted by atomic mass is 16.4. The number of piperazine rings is 1. The minimum Gasteiger partial charge on any atom is -0.480 e. The maximum atomic E-state index is 12.5. The smallest absolute Gasteiger partial charge is 0.328 e. The van der Waals surface area contributed by atoms with Gasteiger partial charge >= 0.3 is 5.97 Å². The van der Waals surface area contributed by atoms with Gasteiger partial charge in [0.1, 0.15) is 6.04 Å². The van der Waals surface area contributed by atoms with E-state index in [4.69, 9.17) is 9.52 Å². The first kappa shape index (κ1) is 16.7. The Bertz CT molecular complexity index is 774. The first-order valence-electron chi connectivity index (χ1n) is 7.86. The summed E-state index contributed by atoms with van der Waals surface area (Å²) in [6, 6.07) is 2.42. The fraction of sp³-hybridized carbons (Fsp3) is 0.375. The van der Waals surface area contributed by atoms with Crippen LogP contribution in [0.4, 0.5) is 0 Å². The number of furan rings is 1. The molecule has 1 fully saturated rings. The molecule has 1 saturated heterocycles. The molecule has 0 aliphatic carbocycles. The molecule has 9 heteroatoms. The summed E-state index contributed by atoms with van der Waals surface area (Å²) in [5.74, 6) is -1.16. The number of hydrogen-bond acceptors (Lipinski definition) is 5. The molecule has 2 aromatic rings. The molecule has 1 aliphatic heterocycles. The number of aliphatic carboxylic acids is 1. The van der Waals surface area contributed by atoms with E-state index in [-0.39, 0.29) is 17.6 Å². The van der Waals surface area contributed by atoms with Gasteiger partial charge < -0.3 is 19.3 Å². The van der Waals surface area contributed by atoms with Crippen LogP contribution in [0.2, 0.25) is 0 Å². The summed E-state index contributed by atoms with van der Waals surface area (Å²) in [6.45, 7) is 3.09. The lowest BCUT2D eigenvalue weighted by Gasteiger charge is -2.34. The molecule has 25 heavy (non-hydrogen) atoms. The van der Waals surface area contributed by atoms with E-state index in [0.717, 1.165) is 0 Å². The highest BCUT2D eigenvalue weighted by Crippen LogP contribution is 2.13. The Hall–Kier alpha value is -3.10. The van der Waals surface area contributed by atoms with Gasteiger partial charge in [0.05, 0.1) is 18.0 Å². The first-order valence-corrected chi connectivity index (χ1v) is 7.86. The molecule has 9 nitrogen and oxygen atoms in total. The van der Waals surface area contributed by atoms with E-state index in [2.05, 4.69) is 5.10 Å². The topological polar surface area (TPSA) is 109 Å². The van der Waals surface area contributed by atoms with E-state index in [1.54, 1.807) is 21.9 Å². The van der Waals surface area contributed by atoms with Gasteiger partial charge in [0.25, 0.3) is 11.8 Å². The van der Waals surface area contributed by atoms with Gasteiger partial charge in [-0.05, 0) is 19.1 Å². The highest BCUT2D eigenvalue weighted by molar-refractivity contribution is 5.94. The van der Waals surface area contributed by atoms with Crippen LogP contribution in [-0.4, -0.2) is 68.6 Å². The summed E-state index contributed by atoms with van der Waals surface area (Å²) in [5.41, 5.74) is 0.332. The fourth-order valence-corrected chi connectivity index (χ4v) is 2.62. The van der Waals surface area contributed by atoms with Gasteiger partial charge in [0.2, 0.25) is 0 Å². The molecule has 132 valence electrons. The molecule has 2 aromatic heterocycles. The van der Waals surface area contributed by atoms with Gasteiger partial charge in [-0.15, -0.1) is 0 Å². The van der Waals surface area contributed by atoms with Crippen LogP contribution in [0.25, 0.3) is 0 Å². The molecule has 0 saturated carbocycles. The number of nitrogens with zero attached hydrogens (tertiary/aromatic N) is 4. The Morgan fingerprint density at radius 3 is 2.36 bits per heavy atom. The summed E-state index contributed by atoms with van der Waals surface area (Å²) in [7, 11) is 0. The first-order chi connectivity index (χ1) is 12.0. The van der Waals surface area contributed by atoms with Crippen LogP contribution in [0.5, 0.6) is 0 Å². The van der Waals surface area contributed by atoms with Crippen LogP contribution in [-0.2, 0) is 4.79 Å². The van der Waals surface area contributed by atoms with Gasteiger partial charge in [-0.1, -0.05) is 0 Å². The Kier molecular flexibility index (Phi) is 4.55. The van der Waals surface area contributed by atoms with E-state index in [0.29, 0.717) is 31.7 Å². The zero-order chi connectivity index (χ0) is 18.0. The molecule has 1 N–H and O–H groups in total. The summed E-state index contributed by atoms with van der Waals surface area (Å²) in [6.07, 6.45) is 4.24. The second kappa shape index (κ2) is 6.80. The van der Waals surface area contributed by atoms with Gasteiger partial charge in [-0.25, -0.2) is 4.79 Å². The summed E-state index contributed by atoms with van der Waals surface area (Å²) in [4.78, 5) is 39.0. The molecule has 3 heterocycles. The van der Waals surface area contributed by atoms with Crippen molar-refractivity contribution in [1.29, 1.82) is 0 Å². The van der Waals surface area contributed by atoms with Crippen LogP contribution in [0.3, 0.4) is 0 Å². The number of carbonyl (C=O) groups is 3. The van der Waals surface area contributed by atoms with Crippen molar-refractivity contribution >= 4 is 17.8 Å². The number of carboxylic acid groups (broad SMARTS) is 1. The number of carbonyl (C=O) groups excluding carboxylic acids is 2. The largest absolute Gasteiger partial charge is 0.480 e. The minimum absolute atomic E-state index is 0.194. The molecule has 0 spiro atoms. The monoisotopic (exact) mass is 346 g/mol. The van der Waals surface area contributed by atoms with Crippen molar-refractivity contribution in [2.45, 2.75) is 13.0 Å². The highest BCUT2D eigenvalue weighted by Gasteiger charge is 2.27. The average molecular weight is 346 g/mol. The lowest BCUT2D eigenvalue weighted by atomic mass is 10.2. The van der Waals surface area contributed by atoms with Crippen LogP contribution in [0.15, 0.2) is 35.2 Å². The Balaban J connectivity index is 1.60. The van der Waals surface area contributed by atoms with Gasteiger partial charge in [0.15, 0.2) is 5.76 Å². The van der Waals surface area contributed by atoms with Crippen molar-refractivity contribution in [2.24, 2.45) is 0 Å². The Morgan fingerprint density at radius 2 is 1.80 bits per heavy atom. The number of aromatic nitrogens is 2. The van der Waals surface area contributed by atoms with Gasteiger partial charge in [-0.2, -0.15) is 5.10 Å².